The highest BCUT2D eigenvalue weighted by Gasteiger charge is 2.36. The lowest BCUT2D eigenvalue weighted by molar-refractivity contribution is -0.713. The molecule has 8 rings (SSSR count). The number of hydrogen-bond acceptors (Lipinski definition) is 0. The summed E-state index contributed by atoms with van der Waals surface area (Å²) in [5, 5.41) is 5.37. The van der Waals surface area contributed by atoms with Gasteiger partial charge in [-0.15, -0.1) is 0 Å². The third-order valence-corrected chi connectivity index (χ3v) is 8.73. The Morgan fingerprint density at radius 1 is 0.667 bits per heavy atom. The SMILES string of the molecule is Cc1cc2[n+](cc1-c1ccccc1)C(C)C(C)c1cc3c(cc1-2)c1cccc2c4ccccc4n3c21. The van der Waals surface area contributed by atoms with Crippen LogP contribution in [0.2, 0.25) is 0 Å². The van der Waals surface area contributed by atoms with Crippen molar-refractivity contribution in [3.8, 4) is 22.4 Å². The van der Waals surface area contributed by atoms with Crippen molar-refractivity contribution < 1.29 is 4.57 Å². The molecule has 0 aliphatic carbocycles. The number of rotatable bonds is 1. The summed E-state index contributed by atoms with van der Waals surface area (Å²) in [4.78, 5) is 0. The van der Waals surface area contributed by atoms with E-state index < -0.39 is 0 Å². The van der Waals surface area contributed by atoms with Crippen LogP contribution in [0.15, 0.2) is 97.2 Å². The van der Waals surface area contributed by atoms with Crippen LogP contribution in [0.1, 0.15) is 36.9 Å². The molecule has 0 saturated heterocycles. The van der Waals surface area contributed by atoms with Crippen LogP contribution in [0.25, 0.3) is 60.5 Å². The summed E-state index contributed by atoms with van der Waals surface area (Å²) >= 11 is 0. The van der Waals surface area contributed by atoms with Gasteiger partial charge in [0.05, 0.1) is 22.1 Å². The van der Waals surface area contributed by atoms with Crippen molar-refractivity contribution in [2.45, 2.75) is 32.7 Å². The van der Waals surface area contributed by atoms with Crippen LogP contribution in [0.4, 0.5) is 0 Å². The second-order valence-electron chi connectivity index (χ2n) is 10.6. The highest BCUT2D eigenvalue weighted by Crippen LogP contribution is 2.45. The normalized spacial score (nSPS) is 17.3. The van der Waals surface area contributed by atoms with Crippen molar-refractivity contribution in [2.24, 2.45) is 0 Å². The molecular formula is C34H27N2+. The Labute approximate surface area is 210 Å². The molecule has 0 saturated carbocycles. The highest BCUT2D eigenvalue weighted by molar-refractivity contribution is 6.23. The largest absolute Gasteiger partial charge is 0.308 e. The van der Waals surface area contributed by atoms with Crippen LogP contribution in [0.5, 0.6) is 0 Å². The standard InChI is InChI=1S/C34H27N2/c1-20-16-32-29-17-28-26-14-9-13-25-24-12-7-8-15-31(24)36(34(25)26)33(28)18-27(29)21(2)22(3)35(32)19-30(20)23-10-5-4-6-11-23/h4-19,21-22H,1-3H3/q+1. The number of fused-ring (bicyclic) bond motifs is 9. The van der Waals surface area contributed by atoms with E-state index in [9.17, 15) is 0 Å². The topological polar surface area (TPSA) is 8.29 Å². The lowest BCUT2D eigenvalue weighted by Gasteiger charge is -2.27. The quantitative estimate of drug-likeness (QED) is 0.216. The first-order valence-corrected chi connectivity index (χ1v) is 12.9. The molecule has 2 atom stereocenters. The molecule has 1 aliphatic rings. The van der Waals surface area contributed by atoms with Crippen molar-refractivity contribution in [3.05, 3.63) is 108 Å². The fourth-order valence-corrected chi connectivity index (χ4v) is 6.73. The van der Waals surface area contributed by atoms with Gasteiger partial charge in [0.1, 0.15) is 0 Å². The van der Waals surface area contributed by atoms with Crippen LogP contribution in [0.3, 0.4) is 0 Å². The number of aromatic nitrogens is 2. The van der Waals surface area contributed by atoms with Crippen molar-refractivity contribution >= 4 is 38.1 Å². The average molecular weight is 464 g/mol. The number of hydrogen-bond donors (Lipinski definition) is 0. The molecule has 0 amide bonds. The maximum atomic E-state index is 2.51. The summed E-state index contributed by atoms with van der Waals surface area (Å²) in [5.74, 6) is 0.412. The van der Waals surface area contributed by atoms with E-state index in [1.54, 1.807) is 0 Å². The first-order chi connectivity index (χ1) is 17.6. The van der Waals surface area contributed by atoms with Gasteiger partial charge in [0.15, 0.2) is 12.2 Å². The van der Waals surface area contributed by atoms with Crippen molar-refractivity contribution in [2.75, 3.05) is 0 Å². The van der Waals surface area contributed by atoms with Crippen LogP contribution >= 0.6 is 0 Å². The summed E-state index contributed by atoms with van der Waals surface area (Å²) in [6.45, 7) is 7.00. The van der Waals surface area contributed by atoms with Crippen LogP contribution in [-0.4, -0.2) is 4.40 Å². The molecule has 0 N–H and O–H groups in total. The maximum Gasteiger partial charge on any atom is 0.213 e. The minimum atomic E-state index is 0.374. The van der Waals surface area contributed by atoms with Crippen molar-refractivity contribution in [3.63, 3.8) is 0 Å². The molecule has 2 nitrogen and oxygen atoms in total. The Kier molecular flexibility index (Phi) is 3.87. The van der Waals surface area contributed by atoms with Gasteiger partial charge in [0, 0.05) is 39.1 Å². The van der Waals surface area contributed by atoms with Gasteiger partial charge in [0.2, 0.25) is 5.69 Å². The Bertz CT molecular complexity index is 1980. The second-order valence-corrected chi connectivity index (χ2v) is 10.6. The molecule has 7 aromatic rings. The number of aryl methyl sites for hydroxylation is 1. The van der Waals surface area contributed by atoms with Gasteiger partial charge in [-0.3, -0.25) is 0 Å². The fraction of sp³-hybridized carbons (Fsp3) is 0.147. The number of benzene rings is 4. The maximum absolute atomic E-state index is 2.51. The van der Waals surface area contributed by atoms with Gasteiger partial charge in [0.25, 0.3) is 0 Å². The molecular weight excluding hydrogens is 436 g/mol. The van der Waals surface area contributed by atoms with Gasteiger partial charge >= 0.3 is 0 Å². The zero-order chi connectivity index (χ0) is 24.1. The molecule has 3 aromatic heterocycles. The Hall–Kier alpha value is -4.17. The fourth-order valence-electron chi connectivity index (χ4n) is 6.73. The van der Waals surface area contributed by atoms with Crippen molar-refractivity contribution in [1.29, 1.82) is 0 Å². The third kappa shape index (κ3) is 2.44. The van der Waals surface area contributed by atoms with Crippen LogP contribution in [0, 0.1) is 6.92 Å². The summed E-state index contributed by atoms with van der Waals surface area (Å²) in [7, 11) is 0. The average Bonchev–Trinajstić information content (AvgIpc) is 3.43. The van der Waals surface area contributed by atoms with E-state index >= 15 is 0 Å². The third-order valence-electron chi connectivity index (χ3n) is 8.73. The molecule has 2 unspecified atom stereocenters. The molecule has 0 spiro atoms. The van der Waals surface area contributed by atoms with Crippen LogP contribution in [-0.2, 0) is 0 Å². The van der Waals surface area contributed by atoms with E-state index in [-0.39, 0.29) is 0 Å². The Morgan fingerprint density at radius 2 is 1.39 bits per heavy atom. The highest BCUT2D eigenvalue weighted by atomic mass is 15.0. The van der Waals surface area contributed by atoms with E-state index in [2.05, 4.69) is 127 Å². The van der Waals surface area contributed by atoms with Gasteiger partial charge in [-0.25, -0.2) is 0 Å². The lowest BCUT2D eigenvalue weighted by atomic mass is 9.83. The first kappa shape index (κ1) is 20.1. The zero-order valence-electron chi connectivity index (χ0n) is 20.8. The first-order valence-electron chi connectivity index (χ1n) is 12.9. The molecule has 0 fully saturated rings. The predicted molar refractivity (Wildman–Crippen MR) is 150 cm³/mol. The minimum Gasteiger partial charge on any atom is -0.308 e. The van der Waals surface area contributed by atoms with E-state index in [4.69, 9.17) is 0 Å². The van der Waals surface area contributed by atoms with Gasteiger partial charge in [-0.05, 0) is 48.7 Å². The molecule has 4 aromatic carbocycles. The van der Waals surface area contributed by atoms with E-state index in [1.165, 1.54) is 71.6 Å². The second kappa shape index (κ2) is 6.95. The molecule has 36 heavy (non-hydrogen) atoms. The lowest BCUT2D eigenvalue weighted by Crippen LogP contribution is -2.45. The van der Waals surface area contributed by atoms with Gasteiger partial charge in [-0.1, -0.05) is 73.7 Å². The molecule has 0 radical (unpaired) electrons. The Morgan fingerprint density at radius 3 is 2.22 bits per heavy atom. The number of nitrogens with zero attached hydrogens (tertiary/aromatic N) is 2. The number of pyridine rings is 1. The van der Waals surface area contributed by atoms with E-state index in [0.717, 1.165) is 0 Å². The van der Waals surface area contributed by atoms with Gasteiger partial charge in [-0.2, -0.15) is 4.57 Å². The van der Waals surface area contributed by atoms with E-state index in [0.29, 0.717) is 12.0 Å². The van der Waals surface area contributed by atoms with Crippen molar-refractivity contribution in [1.82, 2.24) is 4.40 Å². The molecule has 172 valence electrons. The molecule has 0 bridgehead atoms. The minimum absolute atomic E-state index is 0.374. The Balaban J connectivity index is 1.47. The van der Waals surface area contributed by atoms with E-state index in [1.807, 2.05) is 0 Å². The summed E-state index contributed by atoms with van der Waals surface area (Å²) < 4.78 is 5.01. The molecule has 1 aliphatic heterocycles. The molecule has 4 heterocycles. The molecule has 2 heteroatoms. The predicted octanol–water partition coefficient (Wildman–Crippen LogP) is 8.44. The smallest absolute Gasteiger partial charge is 0.213 e. The number of para-hydroxylation sites is 2. The van der Waals surface area contributed by atoms with Gasteiger partial charge < -0.3 is 4.40 Å². The summed E-state index contributed by atoms with van der Waals surface area (Å²) in [5.41, 5.74) is 12.0. The zero-order valence-corrected chi connectivity index (χ0v) is 20.8. The monoisotopic (exact) mass is 463 g/mol. The summed E-state index contributed by atoms with van der Waals surface area (Å²) in [6.07, 6.45) is 2.38. The van der Waals surface area contributed by atoms with Crippen LogP contribution < -0.4 is 4.57 Å². The summed E-state index contributed by atoms with van der Waals surface area (Å²) in [6, 6.07) is 34.1.